The molecule has 5 aromatic rings. The van der Waals surface area contributed by atoms with Crippen LogP contribution in [0.25, 0.3) is 21.5 Å². The standard InChI is InChI=1S/2C9H7.C6H5.2ClH.Si.Zr/c2*1-2-5-9-7-3-6-8(9)4-1;1-2-4-6-5-3-1;;;;/h2*1-7H;1-5H;2*1H;;/q3*-1;;;;+3. The first kappa shape index (κ1) is 28.8. The van der Waals surface area contributed by atoms with Crippen molar-refractivity contribution in [3.63, 3.8) is 0 Å². The van der Waals surface area contributed by atoms with E-state index in [4.69, 9.17) is 0 Å². The molecule has 0 aliphatic heterocycles. The van der Waals surface area contributed by atoms with E-state index < -0.39 is 0 Å². The van der Waals surface area contributed by atoms with Gasteiger partial charge < -0.3 is 0 Å². The number of hydrogen-bond donors (Lipinski definition) is 0. The van der Waals surface area contributed by atoms with Crippen LogP contribution in [-0.2, 0) is 26.2 Å². The van der Waals surface area contributed by atoms with E-state index in [1.165, 1.54) is 21.5 Å². The van der Waals surface area contributed by atoms with Gasteiger partial charge in [0.05, 0.1) is 0 Å². The third-order valence-electron chi connectivity index (χ3n) is 3.70. The average Bonchev–Trinajstić information content (AvgIpc) is 3.33. The zero-order valence-corrected chi connectivity index (χ0v) is 20.4. The maximum Gasteiger partial charge on any atom is 3.00 e. The summed E-state index contributed by atoms with van der Waals surface area (Å²) >= 11 is 0. The second-order valence-electron chi connectivity index (χ2n) is 5.39. The molecule has 0 amide bonds. The number of fused-ring (bicyclic) bond motifs is 2. The maximum atomic E-state index is 2.89. The summed E-state index contributed by atoms with van der Waals surface area (Å²) in [4.78, 5) is 0. The molecule has 0 saturated carbocycles. The molecule has 0 heterocycles. The van der Waals surface area contributed by atoms with E-state index in [2.05, 4.69) is 91.0 Å². The Labute approximate surface area is 203 Å². The van der Waals surface area contributed by atoms with Crippen LogP contribution in [0.4, 0.5) is 0 Å². The van der Waals surface area contributed by atoms with Gasteiger partial charge in [-0.05, 0) is 0 Å². The normalized spacial score (nSPS) is 8.29. The Hall–Kier alpha value is -1.44. The van der Waals surface area contributed by atoms with Crippen molar-refractivity contribution < 1.29 is 26.2 Å². The minimum absolute atomic E-state index is 0. The Morgan fingerprint density at radius 2 is 0.964 bits per heavy atom. The Balaban J connectivity index is 0. The monoisotopic (exact) mass is 497 g/mol. The molecule has 0 saturated heterocycles. The van der Waals surface area contributed by atoms with Crippen LogP contribution in [0.5, 0.6) is 0 Å². The van der Waals surface area contributed by atoms with Gasteiger partial charge in [0, 0.05) is 11.0 Å². The fraction of sp³-hybridized carbons (Fsp3) is 0. The van der Waals surface area contributed by atoms with E-state index in [9.17, 15) is 0 Å². The van der Waals surface area contributed by atoms with Crippen molar-refractivity contribution in [1.82, 2.24) is 0 Å². The Morgan fingerprint density at radius 3 is 1.29 bits per heavy atom. The molecule has 0 unspecified atom stereocenters. The molecule has 28 heavy (non-hydrogen) atoms. The number of halogens is 2. The molecule has 0 fully saturated rings. The summed E-state index contributed by atoms with van der Waals surface area (Å²) in [5.41, 5.74) is 0. The molecule has 139 valence electrons. The molecule has 0 aromatic heterocycles. The van der Waals surface area contributed by atoms with Gasteiger partial charge in [0.1, 0.15) is 0 Å². The van der Waals surface area contributed by atoms with E-state index in [1.54, 1.807) is 0 Å². The van der Waals surface area contributed by atoms with E-state index in [0.29, 0.717) is 0 Å². The summed E-state index contributed by atoms with van der Waals surface area (Å²) in [6.45, 7) is 0. The summed E-state index contributed by atoms with van der Waals surface area (Å²) in [5, 5.41) is 5.32. The van der Waals surface area contributed by atoms with Gasteiger partial charge in [-0.2, -0.15) is 71.4 Å². The molecule has 5 aromatic carbocycles. The summed E-state index contributed by atoms with van der Waals surface area (Å²) < 4.78 is 0. The van der Waals surface area contributed by atoms with Crippen molar-refractivity contribution >= 4 is 57.3 Å². The molecule has 4 heteroatoms. The van der Waals surface area contributed by atoms with Crippen LogP contribution in [-0.4, -0.2) is 11.0 Å². The third kappa shape index (κ3) is 9.17. The van der Waals surface area contributed by atoms with Crippen LogP contribution in [0.15, 0.2) is 115 Å². The van der Waals surface area contributed by atoms with Crippen molar-refractivity contribution in [1.29, 1.82) is 0 Å². The van der Waals surface area contributed by atoms with Gasteiger partial charge in [0.2, 0.25) is 0 Å². The van der Waals surface area contributed by atoms with Crippen molar-refractivity contribution in [3.05, 3.63) is 121 Å². The molecule has 5 radical (unpaired) electrons. The fourth-order valence-corrected chi connectivity index (χ4v) is 2.48. The van der Waals surface area contributed by atoms with Gasteiger partial charge in [0.25, 0.3) is 0 Å². The largest absolute Gasteiger partial charge is 3.00 e. The van der Waals surface area contributed by atoms with Crippen LogP contribution in [0.1, 0.15) is 0 Å². The van der Waals surface area contributed by atoms with Crippen molar-refractivity contribution in [2.45, 2.75) is 0 Å². The average molecular weight is 500 g/mol. The first-order valence-corrected chi connectivity index (χ1v) is 8.05. The van der Waals surface area contributed by atoms with Crippen molar-refractivity contribution in [2.24, 2.45) is 0 Å². The molecule has 5 rings (SSSR count). The van der Waals surface area contributed by atoms with Crippen LogP contribution >= 0.6 is 24.8 Å². The predicted molar refractivity (Wildman–Crippen MR) is 125 cm³/mol. The summed E-state index contributed by atoms with van der Waals surface area (Å²) in [5.74, 6) is 0. The molecule has 0 atom stereocenters. The zero-order valence-electron chi connectivity index (χ0n) is 15.3. The molecule has 0 aliphatic rings. The van der Waals surface area contributed by atoms with Crippen LogP contribution in [0, 0.1) is 6.07 Å². The Morgan fingerprint density at radius 1 is 0.536 bits per heavy atom. The number of hydrogen-bond acceptors (Lipinski definition) is 0. The van der Waals surface area contributed by atoms with Gasteiger partial charge in [-0.3, -0.25) is 0 Å². The minimum Gasteiger partial charge on any atom is -0.184 e. The van der Waals surface area contributed by atoms with Crippen LogP contribution < -0.4 is 0 Å². The smallest absolute Gasteiger partial charge is 0.184 e. The van der Waals surface area contributed by atoms with Gasteiger partial charge in [-0.1, -0.05) is 12.1 Å². The molecular weight excluding hydrogens is 478 g/mol. The van der Waals surface area contributed by atoms with Crippen molar-refractivity contribution in [3.8, 4) is 0 Å². The quantitative estimate of drug-likeness (QED) is 0.158. The van der Waals surface area contributed by atoms with E-state index in [1.807, 2.05) is 30.3 Å². The molecule has 0 N–H and O–H groups in total. The van der Waals surface area contributed by atoms with E-state index in [0.717, 1.165) is 0 Å². The third-order valence-corrected chi connectivity index (χ3v) is 3.70. The SMILES string of the molecule is Cl.Cl.[Si].[Zr+3].[c-]1ccccc1.c1ccc2[cH-]ccc2c1.c1ccc2[cH-]ccc2c1. The van der Waals surface area contributed by atoms with E-state index in [-0.39, 0.29) is 62.0 Å². The van der Waals surface area contributed by atoms with Crippen LogP contribution in [0.3, 0.4) is 0 Å². The zero-order chi connectivity index (χ0) is 16.5. The fourth-order valence-electron chi connectivity index (χ4n) is 2.48. The van der Waals surface area contributed by atoms with Crippen molar-refractivity contribution in [2.75, 3.05) is 0 Å². The molecule has 0 bridgehead atoms. The molecule has 0 aliphatic carbocycles. The predicted octanol–water partition coefficient (Wildman–Crippen LogP) is 7.06. The Kier molecular flexibility index (Phi) is 17.0. The molecule has 0 nitrogen and oxygen atoms in total. The topological polar surface area (TPSA) is 0 Å². The first-order chi connectivity index (χ1) is 11.9. The summed E-state index contributed by atoms with van der Waals surface area (Å²) in [7, 11) is 0. The minimum atomic E-state index is 0. The Bertz CT molecular complexity index is 824. The second-order valence-corrected chi connectivity index (χ2v) is 5.39. The van der Waals surface area contributed by atoms with E-state index >= 15 is 0 Å². The first-order valence-electron chi connectivity index (χ1n) is 8.05. The maximum absolute atomic E-state index is 2.89. The number of rotatable bonds is 0. The van der Waals surface area contributed by atoms with Gasteiger partial charge in [-0.25, -0.2) is 0 Å². The molecular formula is C24H21Cl2SiZr. The van der Waals surface area contributed by atoms with Gasteiger partial charge in [0.15, 0.2) is 0 Å². The summed E-state index contributed by atoms with van der Waals surface area (Å²) in [6, 6.07) is 41.8. The summed E-state index contributed by atoms with van der Waals surface area (Å²) in [6.07, 6.45) is 0. The van der Waals surface area contributed by atoms with Gasteiger partial charge in [-0.15, -0.1) is 84.1 Å². The van der Waals surface area contributed by atoms with Gasteiger partial charge >= 0.3 is 26.2 Å². The van der Waals surface area contributed by atoms with Crippen LogP contribution in [0.2, 0.25) is 0 Å². The second kappa shape index (κ2) is 16.5. The number of benzene rings is 3. The molecule has 0 spiro atoms.